The Balaban J connectivity index is 1.62. The maximum atomic E-state index is 13.8. The van der Waals surface area contributed by atoms with Gasteiger partial charge in [-0.25, -0.2) is 9.18 Å². The first-order valence-corrected chi connectivity index (χ1v) is 11.4. The van der Waals surface area contributed by atoms with E-state index in [0.29, 0.717) is 36.3 Å². The molecule has 8 nitrogen and oxygen atoms in total. The van der Waals surface area contributed by atoms with Crippen molar-refractivity contribution in [1.82, 2.24) is 14.7 Å². The Kier molecular flexibility index (Phi) is 7.12. The highest BCUT2D eigenvalue weighted by atomic mass is 19.1. The normalized spacial score (nSPS) is 20.9. The van der Waals surface area contributed by atoms with Crippen molar-refractivity contribution in [2.75, 3.05) is 38.5 Å². The summed E-state index contributed by atoms with van der Waals surface area (Å²) in [4.78, 5) is 43.5. The van der Waals surface area contributed by atoms with Gasteiger partial charge in [-0.05, 0) is 42.4 Å². The van der Waals surface area contributed by atoms with Crippen molar-refractivity contribution in [3.05, 3.63) is 65.5 Å². The Hall–Kier alpha value is -3.46. The zero-order valence-corrected chi connectivity index (χ0v) is 19.4. The Morgan fingerprint density at radius 2 is 1.79 bits per heavy atom. The molecule has 0 spiro atoms. The van der Waals surface area contributed by atoms with Crippen LogP contribution >= 0.6 is 0 Å². The molecule has 2 heterocycles. The fraction of sp³-hybridized carbons (Fsp3) is 0.400. The quantitative estimate of drug-likeness (QED) is 0.705. The minimum atomic E-state index is -0.879. The van der Waals surface area contributed by atoms with Crippen LogP contribution in [-0.4, -0.2) is 71.9 Å². The van der Waals surface area contributed by atoms with Gasteiger partial charge >= 0.3 is 6.09 Å². The number of likely N-dealkylation sites (N-methyl/N-ethyl adjacent to an activating group) is 1. The summed E-state index contributed by atoms with van der Waals surface area (Å²) in [6.45, 7) is 4.43. The highest BCUT2D eigenvalue weighted by Gasteiger charge is 2.48. The van der Waals surface area contributed by atoms with E-state index >= 15 is 0 Å². The third-order valence-electron chi connectivity index (χ3n) is 6.24. The summed E-state index contributed by atoms with van der Waals surface area (Å²) in [7, 11) is 2.00. The lowest BCUT2D eigenvalue weighted by Gasteiger charge is -2.36. The molecule has 2 atom stereocenters. The third kappa shape index (κ3) is 5.20. The molecule has 0 radical (unpaired) electrons. The Bertz CT molecular complexity index is 1050. The number of nitrogens with one attached hydrogen (secondary N) is 1. The summed E-state index contributed by atoms with van der Waals surface area (Å²) in [5, 5.41) is 2.78. The summed E-state index contributed by atoms with van der Waals surface area (Å²) in [6.07, 6.45) is -1.08. The summed E-state index contributed by atoms with van der Waals surface area (Å²) < 4.78 is 19.5. The third-order valence-corrected chi connectivity index (χ3v) is 6.24. The second kappa shape index (κ2) is 10.2. The van der Waals surface area contributed by atoms with Crippen LogP contribution in [0.15, 0.2) is 48.5 Å². The summed E-state index contributed by atoms with van der Waals surface area (Å²) in [6, 6.07) is 12.0. The van der Waals surface area contributed by atoms with Gasteiger partial charge in [-0.2, -0.15) is 0 Å². The average molecular weight is 469 g/mol. The van der Waals surface area contributed by atoms with Crippen LogP contribution < -0.4 is 5.32 Å². The Morgan fingerprint density at radius 3 is 2.44 bits per heavy atom. The van der Waals surface area contributed by atoms with E-state index < -0.39 is 24.1 Å². The smallest absolute Gasteiger partial charge is 0.411 e. The molecule has 1 N–H and O–H groups in total. The number of nitrogens with zero attached hydrogens (tertiary/aromatic N) is 3. The Labute approximate surface area is 198 Å². The van der Waals surface area contributed by atoms with Crippen molar-refractivity contribution in [3.8, 4) is 0 Å². The molecular formula is C25H29FN4O4. The SMILES string of the molecule is CCC(=O)Nc1ccc(C2OC(=O)N(Cc3cccc(F)c3)C2C(=O)N2CCN(C)CC2)cc1. The van der Waals surface area contributed by atoms with Crippen LogP contribution in [0.1, 0.15) is 30.6 Å². The zero-order chi connectivity index (χ0) is 24.2. The molecule has 2 aromatic carbocycles. The van der Waals surface area contributed by atoms with Crippen molar-refractivity contribution in [1.29, 1.82) is 0 Å². The van der Waals surface area contributed by atoms with E-state index in [1.807, 2.05) is 7.05 Å². The number of carbonyl (C=O) groups excluding carboxylic acids is 3. The minimum Gasteiger partial charge on any atom is -0.438 e. The van der Waals surface area contributed by atoms with Crippen molar-refractivity contribution in [2.24, 2.45) is 0 Å². The Morgan fingerprint density at radius 1 is 1.09 bits per heavy atom. The highest BCUT2D eigenvalue weighted by molar-refractivity contribution is 5.91. The van der Waals surface area contributed by atoms with Crippen LogP contribution in [0.2, 0.25) is 0 Å². The van der Waals surface area contributed by atoms with Crippen molar-refractivity contribution in [2.45, 2.75) is 32.0 Å². The van der Waals surface area contributed by atoms with Gasteiger partial charge in [-0.15, -0.1) is 0 Å². The first-order chi connectivity index (χ1) is 16.4. The first-order valence-electron chi connectivity index (χ1n) is 11.4. The summed E-state index contributed by atoms with van der Waals surface area (Å²) in [5.41, 5.74) is 1.85. The maximum Gasteiger partial charge on any atom is 0.411 e. The molecule has 0 aliphatic carbocycles. The van der Waals surface area contributed by atoms with Gasteiger partial charge in [-0.1, -0.05) is 31.2 Å². The van der Waals surface area contributed by atoms with E-state index in [1.165, 1.54) is 17.0 Å². The maximum absolute atomic E-state index is 13.8. The highest BCUT2D eigenvalue weighted by Crippen LogP contribution is 2.35. The zero-order valence-electron chi connectivity index (χ0n) is 19.4. The van der Waals surface area contributed by atoms with Crippen LogP contribution in [0.5, 0.6) is 0 Å². The van der Waals surface area contributed by atoms with E-state index in [9.17, 15) is 18.8 Å². The number of cyclic esters (lactones) is 1. The molecule has 0 aromatic heterocycles. The van der Waals surface area contributed by atoms with Gasteiger partial charge in [-0.3, -0.25) is 14.5 Å². The van der Waals surface area contributed by atoms with E-state index in [4.69, 9.17) is 4.74 Å². The van der Waals surface area contributed by atoms with Crippen molar-refractivity contribution in [3.63, 3.8) is 0 Å². The van der Waals surface area contributed by atoms with E-state index in [2.05, 4.69) is 10.2 Å². The first kappa shape index (κ1) is 23.7. The number of piperazine rings is 1. The van der Waals surface area contributed by atoms with Gasteiger partial charge in [0.25, 0.3) is 0 Å². The van der Waals surface area contributed by atoms with Gasteiger partial charge in [0.2, 0.25) is 11.8 Å². The van der Waals surface area contributed by atoms with Gasteiger partial charge < -0.3 is 19.9 Å². The second-order valence-electron chi connectivity index (χ2n) is 8.66. The molecule has 0 bridgehead atoms. The number of halogens is 1. The molecule has 2 fully saturated rings. The van der Waals surface area contributed by atoms with Crippen LogP contribution in [0, 0.1) is 5.82 Å². The van der Waals surface area contributed by atoms with Crippen molar-refractivity contribution < 1.29 is 23.5 Å². The second-order valence-corrected chi connectivity index (χ2v) is 8.66. The molecule has 9 heteroatoms. The topological polar surface area (TPSA) is 82.2 Å². The van der Waals surface area contributed by atoms with Gasteiger partial charge in [0.05, 0.1) is 6.54 Å². The molecular weight excluding hydrogens is 439 g/mol. The lowest BCUT2D eigenvalue weighted by atomic mass is 9.99. The van der Waals surface area contributed by atoms with E-state index in [-0.39, 0.29) is 18.4 Å². The number of amides is 3. The molecule has 180 valence electrons. The molecule has 0 saturated carbocycles. The number of hydrogen-bond donors (Lipinski definition) is 1. The van der Waals surface area contributed by atoms with Crippen LogP contribution in [0.3, 0.4) is 0 Å². The lowest BCUT2D eigenvalue weighted by molar-refractivity contribution is -0.138. The van der Waals surface area contributed by atoms with Gasteiger partial charge in [0.1, 0.15) is 5.82 Å². The van der Waals surface area contributed by atoms with Crippen LogP contribution in [0.4, 0.5) is 14.9 Å². The van der Waals surface area contributed by atoms with E-state index in [0.717, 1.165) is 13.1 Å². The molecule has 3 amide bonds. The summed E-state index contributed by atoms with van der Waals surface area (Å²) in [5.74, 6) is -0.707. The lowest BCUT2D eigenvalue weighted by Crippen LogP contribution is -2.54. The predicted molar refractivity (Wildman–Crippen MR) is 124 cm³/mol. The number of ether oxygens (including phenoxy) is 1. The average Bonchev–Trinajstić information content (AvgIpc) is 3.15. The minimum absolute atomic E-state index is 0.0574. The molecule has 2 saturated heterocycles. The summed E-state index contributed by atoms with van der Waals surface area (Å²) >= 11 is 0. The van der Waals surface area contributed by atoms with Crippen molar-refractivity contribution >= 4 is 23.6 Å². The molecule has 2 unspecified atom stereocenters. The molecule has 2 aliphatic rings. The van der Waals surface area contributed by atoms with Gasteiger partial charge in [0.15, 0.2) is 12.1 Å². The standard InChI is InChI=1S/C25H29FN4O4/c1-3-21(31)27-20-9-7-18(8-10-20)23-22(24(32)29-13-11-28(2)12-14-29)30(25(33)34-23)16-17-5-4-6-19(26)15-17/h4-10,15,22-23H,3,11-14,16H2,1-2H3,(H,27,31). The fourth-order valence-corrected chi connectivity index (χ4v) is 4.25. The largest absolute Gasteiger partial charge is 0.438 e. The predicted octanol–water partition coefficient (Wildman–Crippen LogP) is 3.01. The van der Waals surface area contributed by atoms with E-state index in [1.54, 1.807) is 48.2 Å². The number of carbonyl (C=O) groups is 3. The molecule has 2 aromatic rings. The molecule has 2 aliphatic heterocycles. The number of benzene rings is 2. The fourth-order valence-electron chi connectivity index (χ4n) is 4.25. The monoisotopic (exact) mass is 468 g/mol. The van der Waals surface area contributed by atoms with Crippen LogP contribution in [0.25, 0.3) is 0 Å². The number of hydrogen-bond acceptors (Lipinski definition) is 5. The molecule has 4 rings (SSSR count). The number of rotatable bonds is 6. The van der Waals surface area contributed by atoms with Crippen LogP contribution in [-0.2, 0) is 20.9 Å². The van der Waals surface area contributed by atoms with Gasteiger partial charge in [0, 0.05) is 38.3 Å². The molecule has 34 heavy (non-hydrogen) atoms. The number of anilines is 1.